The minimum absolute atomic E-state index is 0. The summed E-state index contributed by atoms with van der Waals surface area (Å²) in [5, 5.41) is 0. The number of nitrogen functional groups attached to an aromatic ring is 1. The summed E-state index contributed by atoms with van der Waals surface area (Å²) in [6, 6.07) is 16.0. The predicted octanol–water partition coefficient (Wildman–Crippen LogP) is 3.16. The summed E-state index contributed by atoms with van der Waals surface area (Å²) in [5.41, 5.74) is 9.70. The molecule has 1 heterocycles. The molecule has 0 radical (unpaired) electrons. The van der Waals surface area contributed by atoms with Gasteiger partial charge in [0, 0.05) is 12.1 Å². The van der Waals surface area contributed by atoms with Gasteiger partial charge >= 0.3 is 0 Å². The van der Waals surface area contributed by atoms with Crippen molar-refractivity contribution in [3.8, 4) is 0 Å². The smallest absolute Gasteiger partial charge is 0.111 e. The van der Waals surface area contributed by atoms with E-state index >= 15 is 0 Å². The largest absolute Gasteiger partial charge is 0.399 e. The van der Waals surface area contributed by atoms with Gasteiger partial charge in [-0.2, -0.15) is 0 Å². The van der Waals surface area contributed by atoms with Gasteiger partial charge in [-0.15, -0.1) is 12.4 Å². The lowest BCUT2D eigenvalue weighted by atomic mass is 10.1. The van der Waals surface area contributed by atoms with E-state index < -0.39 is 0 Å². The van der Waals surface area contributed by atoms with Crippen LogP contribution in [0.2, 0.25) is 0 Å². The molecule has 0 spiro atoms. The van der Waals surface area contributed by atoms with E-state index in [0.29, 0.717) is 0 Å². The summed E-state index contributed by atoms with van der Waals surface area (Å²) >= 11 is 0. The lowest BCUT2D eigenvalue weighted by molar-refractivity contribution is 1.04. The second-order valence-electron chi connectivity index (χ2n) is 4.12. The zero-order valence-corrected chi connectivity index (χ0v) is 10.6. The standard InChI is InChI=1S/C14H13N3.ClH/c15-11-6-7-12-13(9-11)17-14(16-12)8-10-4-2-1-3-5-10;/h1-7,9H,8,15H2,(H,16,17);1H. The van der Waals surface area contributed by atoms with E-state index in [1.54, 1.807) is 0 Å². The Bertz CT molecular complexity index is 646. The van der Waals surface area contributed by atoms with E-state index in [1.165, 1.54) is 5.56 Å². The molecule has 0 fully saturated rings. The maximum Gasteiger partial charge on any atom is 0.111 e. The summed E-state index contributed by atoms with van der Waals surface area (Å²) in [6.07, 6.45) is 0.815. The monoisotopic (exact) mass is 259 g/mol. The molecule has 0 unspecified atom stereocenters. The highest BCUT2D eigenvalue weighted by Gasteiger charge is 2.03. The number of nitrogens with two attached hydrogens (primary N) is 1. The predicted molar refractivity (Wildman–Crippen MR) is 77.0 cm³/mol. The summed E-state index contributed by atoms with van der Waals surface area (Å²) in [4.78, 5) is 7.83. The Balaban J connectivity index is 0.00000120. The van der Waals surface area contributed by atoms with Gasteiger partial charge in [0.2, 0.25) is 0 Å². The number of aromatic amines is 1. The number of hydrogen-bond acceptors (Lipinski definition) is 2. The van der Waals surface area contributed by atoms with Gasteiger partial charge in [-0.3, -0.25) is 0 Å². The first-order chi connectivity index (χ1) is 8.31. The lowest BCUT2D eigenvalue weighted by Crippen LogP contribution is -1.89. The molecule has 18 heavy (non-hydrogen) atoms. The van der Waals surface area contributed by atoms with Crippen molar-refractivity contribution in [1.82, 2.24) is 9.97 Å². The fourth-order valence-corrected chi connectivity index (χ4v) is 1.95. The van der Waals surface area contributed by atoms with E-state index in [-0.39, 0.29) is 12.4 Å². The Labute approximate surface area is 111 Å². The van der Waals surface area contributed by atoms with E-state index in [2.05, 4.69) is 22.1 Å². The van der Waals surface area contributed by atoms with Gasteiger partial charge in [-0.25, -0.2) is 4.98 Å². The first-order valence-corrected chi connectivity index (χ1v) is 5.59. The van der Waals surface area contributed by atoms with Gasteiger partial charge in [0.05, 0.1) is 11.0 Å². The summed E-state index contributed by atoms with van der Waals surface area (Å²) in [6.45, 7) is 0. The third kappa shape index (κ3) is 2.46. The van der Waals surface area contributed by atoms with Crippen molar-refractivity contribution in [2.75, 3.05) is 5.73 Å². The van der Waals surface area contributed by atoms with Gasteiger partial charge in [0.15, 0.2) is 0 Å². The summed E-state index contributed by atoms with van der Waals surface area (Å²) in [7, 11) is 0. The lowest BCUT2D eigenvalue weighted by Gasteiger charge is -1.96. The number of imidazole rings is 1. The molecular weight excluding hydrogens is 246 g/mol. The molecule has 0 saturated heterocycles. The molecule has 1 aromatic heterocycles. The zero-order valence-electron chi connectivity index (χ0n) is 9.76. The molecular formula is C14H14ClN3. The van der Waals surface area contributed by atoms with Crippen LogP contribution in [0.25, 0.3) is 11.0 Å². The molecule has 2 aromatic carbocycles. The van der Waals surface area contributed by atoms with Gasteiger partial charge in [0.25, 0.3) is 0 Å². The quantitative estimate of drug-likeness (QED) is 0.695. The van der Waals surface area contributed by atoms with Crippen molar-refractivity contribution in [3.63, 3.8) is 0 Å². The molecule has 0 aliphatic carbocycles. The topological polar surface area (TPSA) is 54.7 Å². The zero-order chi connectivity index (χ0) is 11.7. The normalized spacial score (nSPS) is 10.2. The van der Waals surface area contributed by atoms with Crippen LogP contribution in [-0.2, 0) is 6.42 Å². The Morgan fingerprint density at radius 1 is 1.06 bits per heavy atom. The van der Waals surface area contributed by atoms with E-state index in [4.69, 9.17) is 5.73 Å². The Hall–Kier alpha value is -2.00. The maximum atomic E-state index is 5.74. The van der Waals surface area contributed by atoms with Crippen molar-refractivity contribution < 1.29 is 0 Å². The number of H-pyrrole nitrogens is 1. The second-order valence-corrected chi connectivity index (χ2v) is 4.12. The number of anilines is 1. The fraction of sp³-hybridized carbons (Fsp3) is 0.0714. The summed E-state index contributed by atoms with van der Waals surface area (Å²) < 4.78 is 0. The highest BCUT2D eigenvalue weighted by Crippen LogP contribution is 2.16. The summed E-state index contributed by atoms with van der Waals surface area (Å²) in [5.74, 6) is 0.969. The van der Waals surface area contributed by atoms with Crippen LogP contribution in [0.1, 0.15) is 11.4 Å². The molecule has 0 aliphatic heterocycles. The number of fused-ring (bicyclic) bond motifs is 1. The highest BCUT2D eigenvalue weighted by molar-refractivity contribution is 5.85. The molecule has 3 aromatic rings. The van der Waals surface area contributed by atoms with Gasteiger partial charge in [-0.05, 0) is 23.8 Å². The molecule has 0 amide bonds. The second kappa shape index (κ2) is 5.10. The number of benzene rings is 2. The molecule has 3 rings (SSSR count). The van der Waals surface area contributed by atoms with Crippen LogP contribution in [0.15, 0.2) is 48.5 Å². The van der Waals surface area contributed by atoms with Gasteiger partial charge in [-0.1, -0.05) is 30.3 Å². The van der Waals surface area contributed by atoms with Crippen molar-refractivity contribution >= 4 is 29.1 Å². The van der Waals surface area contributed by atoms with Gasteiger partial charge < -0.3 is 10.7 Å². The van der Waals surface area contributed by atoms with Crippen LogP contribution in [0, 0.1) is 0 Å². The number of nitrogens with one attached hydrogen (secondary N) is 1. The number of nitrogens with zero attached hydrogens (tertiary/aromatic N) is 1. The number of rotatable bonds is 2. The molecule has 0 saturated carbocycles. The van der Waals surface area contributed by atoms with Crippen LogP contribution >= 0.6 is 12.4 Å². The third-order valence-electron chi connectivity index (χ3n) is 2.77. The molecule has 0 atom stereocenters. The van der Waals surface area contributed by atoms with Crippen LogP contribution in [0.3, 0.4) is 0 Å². The minimum Gasteiger partial charge on any atom is -0.399 e. The molecule has 4 heteroatoms. The Kier molecular flexibility index (Phi) is 3.53. The van der Waals surface area contributed by atoms with Crippen LogP contribution < -0.4 is 5.73 Å². The van der Waals surface area contributed by atoms with Crippen molar-refractivity contribution in [1.29, 1.82) is 0 Å². The average Bonchev–Trinajstić information content (AvgIpc) is 2.71. The fourth-order valence-electron chi connectivity index (χ4n) is 1.95. The highest BCUT2D eigenvalue weighted by atomic mass is 35.5. The average molecular weight is 260 g/mol. The number of halogens is 1. The third-order valence-corrected chi connectivity index (χ3v) is 2.77. The van der Waals surface area contributed by atoms with Crippen LogP contribution in [-0.4, -0.2) is 9.97 Å². The molecule has 3 nitrogen and oxygen atoms in total. The molecule has 0 aliphatic rings. The van der Waals surface area contributed by atoms with E-state index in [1.807, 2.05) is 36.4 Å². The van der Waals surface area contributed by atoms with Crippen molar-refractivity contribution in [2.45, 2.75) is 6.42 Å². The number of aromatic nitrogens is 2. The van der Waals surface area contributed by atoms with Crippen LogP contribution in [0.4, 0.5) is 5.69 Å². The number of hydrogen-bond donors (Lipinski definition) is 2. The van der Waals surface area contributed by atoms with Gasteiger partial charge in [0.1, 0.15) is 5.82 Å². The molecule has 3 N–H and O–H groups in total. The Morgan fingerprint density at radius 3 is 2.61 bits per heavy atom. The maximum absolute atomic E-state index is 5.74. The van der Waals surface area contributed by atoms with Crippen LogP contribution in [0.5, 0.6) is 0 Å². The van der Waals surface area contributed by atoms with E-state index in [9.17, 15) is 0 Å². The molecule has 0 bridgehead atoms. The minimum atomic E-state index is 0. The first-order valence-electron chi connectivity index (χ1n) is 5.59. The van der Waals surface area contributed by atoms with Crippen molar-refractivity contribution in [2.24, 2.45) is 0 Å². The molecule has 92 valence electrons. The SMILES string of the molecule is Cl.Nc1ccc2nc(Cc3ccccc3)[nH]c2c1. The first kappa shape index (κ1) is 12.5. The Morgan fingerprint density at radius 2 is 1.83 bits per heavy atom. The van der Waals surface area contributed by atoms with E-state index in [0.717, 1.165) is 29.0 Å². The van der Waals surface area contributed by atoms with Crippen molar-refractivity contribution in [3.05, 3.63) is 59.9 Å².